The number of rotatable bonds is 4. The summed E-state index contributed by atoms with van der Waals surface area (Å²) in [4.78, 5) is 11.1. The van der Waals surface area contributed by atoms with Gasteiger partial charge in [-0.3, -0.25) is 4.79 Å². The van der Waals surface area contributed by atoms with E-state index in [0.717, 1.165) is 12.1 Å². The Labute approximate surface area is 128 Å². The minimum absolute atomic E-state index is 0.260. The number of hydrogen-bond acceptors (Lipinski definition) is 3. The molecule has 3 N–H and O–H groups in total. The standard InChI is InChI=1S/C10H9Cl2F3N2O3S/c11-6-3-5(4-7(8(6)12)21(16,19)20)9(18)17-2-1-10(13,14)15/h3-4H,1-2H2,(H,17,18)(H2,16,19,20). The molecule has 1 rings (SSSR count). The molecule has 1 amide bonds. The molecule has 0 fully saturated rings. The highest BCUT2D eigenvalue weighted by atomic mass is 35.5. The summed E-state index contributed by atoms with van der Waals surface area (Å²) in [7, 11) is -4.23. The summed E-state index contributed by atoms with van der Waals surface area (Å²) in [5.74, 6) is -0.928. The van der Waals surface area contributed by atoms with Crippen molar-refractivity contribution in [1.82, 2.24) is 5.32 Å². The first-order valence-electron chi connectivity index (χ1n) is 5.28. The van der Waals surface area contributed by atoms with Crippen molar-refractivity contribution < 1.29 is 26.4 Å². The second-order valence-corrected chi connectivity index (χ2v) is 6.25. The van der Waals surface area contributed by atoms with Gasteiger partial charge >= 0.3 is 6.18 Å². The van der Waals surface area contributed by atoms with E-state index in [1.54, 1.807) is 0 Å². The molecule has 11 heteroatoms. The number of sulfonamides is 1. The lowest BCUT2D eigenvalue weighted by Gasteiger charge is -2.10. The van der Waals surface area contributed by atoms with Gasteiger partial charge in [0.1, 0.15) is 4.90 Å². The lowest BCUT2D eigenvalue weighted by Crippen LogP contribution is -2.28. The van der Waals surface area contributed by atoms with E-state index in [4.69, 9.17) is 28.3 Å². The van der Waals surface area contributed by atoms with Crippen LogP contribution >= 0.6 is 23.2 Å². The first-order valence-corrected chi connectivity index (χ1v) is 7.59. The van der Waals surface area contributed by atoms with Gasteiger partial charge in [-0.05, 0) is 12.1 Å². The SMILES string of the molecule is NS(=O)(=O)c1cc(C(=O)NCCC(F)(F)F)cc(Cl)c1Cl. The Morgan fingerprint density at radius 1 is 1.29 bits per heavy atom. The van der Waals surface area contributed by atoms with Gasteiger partial charge in [0.25, 0.3) is 5.91 Å². The van der Waals surface area contributed by atoms with Gasteiger partial charge in [0.15, 0.2) is 0 Å². The first kappa shape index (κ1) is 18.0. The molecule has 0 unspecified atom stereocenters. The van der Waals surface area contributed by atoms with Crippen LogP contribution in [-0.4, -0.2) is 27.0 Å². The number of carbonyl (C=O) groups excluding carboxylic acids is 1. The Bertz CT molecular complexity index is 662. The van der Waals surface area contributed by atoms with Crippen LogP contribution in [0.15, 0.2) is 17.0 Å². The van der Waals surface area contributed by atoms with Crippen molar-refractivity contribution in [3.05, 3.63) is 27.7 Å². The number of alkyl halides is 3. The van der Waals surface area contributed by atoms with Crippen LogP contribution in [0.3, 0.4) is 0 Å². The largest absolute Gasteiger partial charge is 0.390 e. The van der Waals surface area contributed by atoms with Crippen molar-refractivity contribution in [2.24, 2.45) is 5.14 Å². The predicted molar refractivity (Wildman–Crippen MR) is 70.8 cm³/mol. The highest BCUT2D eigenvalue weighted by molar-refractivity contribution is 7.89. The van der Waals surface area contributed by atoms with Crippen LogP contribution in [0, 0.1) is 0 Å². The number of primary sulfonamides is 1. The Morgan fingerprint density at radius 3 is 2.33 bits per heavy atom. The van der Waals surface area contributed by atoms with Gasteiger partial charge in [-0.1, -0.05) is 23.2 Å². The number of halogens is 5. The minimum Gasteiger partial charge on any atom is -0.352 e. The van der Waals surface area contributed by atoms with Crippen LogP contribution in [-0.2, 0) is 10.0 Å². The zero-order valence-electron chi connectivity index (χ0n) is 10.2. The molecule has 5 nitrogen and oxygen atoms in total. The predicted octanol–water partition coefficient (Wildman–Crippen LogP) is 2.32. The summed E-state index contributed by atoms with van der Waals surface area (Å²) in [6.45, 7) is -0.659. The third-order valence-corrected chi connectivity index (χ3v) is 4.11. The van der Waals surface area contributed by atoms with Crippen LogP contribution in [0.2, 0.25) is 10.0 Å². The zero-order chi connectivity index (χ0) is 16.4. The maximum atomic E-state index is 12.0. The fourth-order valence-electron chi connectivity index (χ4n) is 1.32. The minimum atomic E-state index is -4.42. The van der Waals surface area contributed by atoms with Crippen molar-refractivity contribution in [2.45, 2.75) is 17.5 Å². The highest BCUT2D eigenvalue weighted by Gasteiger charge is 2.27. The quantitative estimate of drug-likeness (QED) is 0.858. The summed E-state index contributed by atoms with van der Waals surface area (Å²) >= 11 is 11.3. The molecule has 1 aromatic carbocycles. The van der Waals surface area contributed by atoms with Gasteiger partial charge < -0.3 is 5.32 Å². The number of benzene rings is 1. The Hall–Kier alpha value is -1.03. The highest BCUT2D eigenvalue weighted by Crippen LogP contribution is 2.30. The smallest absolute Gasteiger partial charge is 0.352 e. The van der Waals surface area contributed by atoms with Crippen molar-refractivity contribution in [3.63, 3.8) is 0 Å². The van der Waals surface area contributed by atoms with Gasteiger partial charge in [-0.15, -0.1) is 0 Å². The van der Waals surface area contributed by atoms with Crippen LogP contribution in [0.5, 0.6) is 0 Å². The van der Waals surface area contributed by atoms with Gasteiger partial charge in [0.05, 0.1) is 16.5 Å². The molecule has 0 atom stereocenters. The molecule has 1 aromatic rings. The summed E-state index contributed by atoms with van der Waals surface area (Å²) < 4.78 is 58.4. The number of nitrogens with one attached hydrogen (secondary N) is 1. The summed E-state index contributed by atoms with van der Waals surface area (Å²) in [6, 6.07) is 1.87. The molecule has 0 aliphatic heterocycles. The average molecular weight is 365 g/mol. The Balaban J connectivity index is 2.99. The second-order valence-electron chi connectivity index (χ2n) is 3.94. The van der Waals surface area contributed by atoms with Crippen molar-refractivity contribution in [2.75, 3.05) is 6.54 Å². The normalized spacial score (nSPS) is 12.3. The third kappa shape index (κ3) is 5.34. The van der Waals surface area contributed by atoms with E-state index in [2.05, 4.69) is 0 Å². The summed E-state index contributed by atoms with van der Waals surface area (Å²) in [6.07, 6.45) is -5.64. The van der Waals surface area contributed by atoms with E-state index >= 15 is 0 Å². The van der Waals surface area contributed by atoms with Gasteiger partial charge in [-0.25, -0.2) is 13.6 Å². The maximum absolute atomic E-state index is 12.0. The average Bonchev–Trinajstić information content (AvgIpc) is 2.29. The van der Waals surface area contributed by atoms with E-state index in [1.165, 1.54) is 0 Å². The third-order valence-electron chi connectivity index (χ3n) is 2.26. The van der Waals surface area contributed by atoms with E-state index in [9.17, 15) is 26.4 Å². The molecule has 118 valence electrons. The number of nitrogens with two attached hydrogens (primary N) is 1. The topological polar surface area (TPSA) is 89.3 Å². The van der Waals surface area contributed by atoms with Crippen molar-refractivity contribution in [3.8, 4) is 0 Å². The lowest BCUT2D eigenvalue weighted by atomic mass is 10.2. The monoisotopic (exact) mass is 364 g/mol. The van der Waals surface area contributed by atoms with Crippen LogP contribution in [0.4, 0.5) is 13.2 Å². The Morgan fingerprint density at radius 2 is 1.86 bits per heavy atom. The number of amides is 1. The molecule has 0 bridgehead atoms. The van der Waals surface area contributed by atoms with Gasteiger partial charge in [0.2, 0.25) is 10.0 Å². The molecule has 0 aliphatic rings. The molecule has 0 spiro atoms. The fraction of sp³-hybridized carbons (Fsp3) is 0.300. The summed E-state index contributed by atoms with van der Waals surface area (Å²) in [5, 5.41) is 6.26. The molecule has 0 aromatic heterocycles. The molecule has 0 aliphatic carbocycles. The van der Waals surface area contributed by atoms with Gasteiger partial charge in [-0.2, -0.15) is 13.2 Å². The second kappa shape index (κ2) is 6.39. The molecule has 21 heavy (non-hydrogen) atoms. The van der Waals surface area contributed by atoms with E-state index in [1.807, 2.05) is 5.32 Å². The van der Waals surface area contributed by atoms with Crippen LogP contribution in [0.1, 0.15) is 16.8 Å². The Kier molecular flexibility index (Phi) is 5.48. The molecular weight excluding hydrogens is 356 g/mol. The zero-order valence-corrected chi connectivity index (χ0v) is 12.5. The van der Waals surface area contributed by atoms with Crippen molar-refractivity contribution in [1.29, 1.82) is 0 Å². The van der Waals surface area contributed by atoms with Gasteiger partial charge in [0, 0.05) is 12.1 Å². The number of hydrogen-bond donors (Lipinski definition) is 2. The van der Waals surface area contributed by atoms with E-state index in [0.29, 0.717) is 0 Å². The first-order chi connectivity index (χ1) is 9.42. The van der Waals surface area contributed by atoms with Crippen LogP contribution in [0.25, 0.3) is 0 Å². The maximum Gasteiger partial charge on any atom is 0.390 e. The summed E-state index contributed by atoms with van der Waals surface area (Å²) in [5.41, 5.74) is -0.268. The van der Waals surface area contributed by atoms with Crippen LogP contribution < -0.4 is 10.5 Å². The molecule has 0 heterocycles. The van der Waals surface area contributed by atoms with E-state index in [-0.39, 0.29) is 15.6 Å². The lowest BCUT2D eigenvalue weighted by molar-refractivity contribution is -0.132. The molecule has 0 radical (unpaired) electrons. The molecule has 0 saturated carbocycles. The van der Waals surface area contributed by atoms with E-state index < -0.39 is 40.0 Å². The number of carbonyl (C=O) groups is 1. The molecular formula is C10H9Cl2F3N2O3S. The van der Waals surface area contributed by atoms with Crippen molar-refractivity contribution >= 4 is 39.1 Å². The fourth-order valence-corrected chi connectivity index (χ4v) is 2.68. The molecule has 0 saturated heterocycles.